The minimum absolute atomic E-state index is 0.112. The summed E-state index contributed by atoms with van der Waals surface area (Å²) in [6, 6.07) is 7.78. The quantitative estimate of drug-likeness (QED) is 0.208. The van der Waals surface area contributed by atoms with E-state index in [0.29, 0.717) is 27.3 Å². The maximum atomic E-state index is 11.5. The summed E-state index contributed by atoms with van der Waals surface area (Å²) in [6.45, 7) is 1.30. The van der Waals surface area contributed by atoms with E-state index in [1.54, 1.807) is 18.2 Å². The van der Waals surface area contributed by atoms with Crippen molar-refractivity contribution in [1.29, 1.82) is 0 Å². The summed E-state index contributed by atoms with van der Waals surface area (Å²) in [5.41, 5.74) is 1.54. The van der Waals surface area contributed by atoms with Crippen LogP contribution in [0.2, 0.25) is 0 Å². The highest BCUT2D eigenvalue weighted by Crippen LogP contribution is 2.40. The standard InChI is InChI=1S/C18H18N6O5S2/c1-10(25)20-16-8-12(7-15(17(16)26)19-9-29-2)21-22-18-13-6-11(24-31(3,27)28)4-5-14(13)23-30-18/h4-9,24,26H,1-3H3,(H,20,25). The first kappa shape index (κ1) is 22.1. The Kier molecular flexibility index (Phi) is 6.46. The fourth-order valence-electron chi connectivity index (χ4n) is 2.54. The molecule has 3 aromatic rings. The highest BCUT2D eigenvalue weighted by Gasteiger charge is 2.12. The van der Waals surface area contributed by atoms with Crippen molar-refractivity contribution in [3.63, 3.8) is 0 Å². The topological polar surface area (TPSA) is 155 Å². The number of aliphatic imine (C=N–C) groups is 1. The van der Waals surface area contributed by atoms with Crippen molar-refractivity contribution >= 4 is 72.5 Å². The molecule has 3 rings (SSSR count). The molecule has 11 nitrogen and oxygen atoms in total. The van der Waals surface area contributed by atoms with E-state index in [9.17, 15) is 18.3 Å². The lowest BCUT2D eigenvalue weighted by Gasteiger charge is -2.08. The molecular weight excluding hydrogens is 444 g/mol. The Morgan fingerprint density at radius 2 is 2.03 bits per heavy atom. The van der Waals surface area contributed by atoms with Crippen LogP contribution in [0.25, 0.3) is 10.9 Å². The fraction of sp³-hybridized carbons (Fsp3) is 0.167. The third-order valence-electron chi connectivity index (χ3n) is 3.70. The molecule has 1 heterocycles. The average Bonchev–Trinajstić information content (AvgIpc) is 3.08. The van der Waals surface area contributed by atoms with Gasteiger partial charge >= 0.3 is 0 Å². The van der Waals surface area contributed by atoms with Crippen LogP contribution < -0.4 is 10.0 Å². The summed E-state index contributed by atoms with van der Waals surface area (Å²) in [7, 11) is -2.03. The number of ether oxygens (including phenoxy) is 1. The monoisotopic (exact) mass is 462 g/mol. The van der Waals surface area contributed by atoms with Gasteiger partial charge < -0.3 is 15.2 Å². The second kappa shape index (κ2) is 9.06. The van der Waals surface area contributed by atoms with Crippen molar-refractivity contribution in [2.24, 2.45) is 15.2 Å². The van der Waals surface area contributed by atoms with E-state index < -0.39 is 10.0 Å². The van der Waals surface area contributed by atoms with Gasteiger partial charge in [-0.2, -0.15) is 4.37 Å². The zero-order valence-corrected chi connectivity index (χ0v) is 18.3. The number of amides is 1. The molecule has 0 atom stereocenters. The molecule has 0 radical (unpaired) electrons. The van der Waals surface area contributed by atoms with Gasteiger partial charge in [-0.3, -0.25) is 9.52 Å². The van der Waals surface area contributed by atoms with Crippen molar-refractivity contribution in [1.82, 2.24) is 4.37 Å². The number of fused-ring (bicyclic) bond motifs is 1. The number of hydrogen-bond acceptors (Lipinski definition) is 10. The molecule has 162 valence electrons. The number of nitrogens with zero attached hydrogens (tertiary/aromatic N) is 4. The highest BCUT2D eigenvalue weighted by atomic mass is 32.2. The number of methoxy groups -OCH3 is 1. The van der Waals surface area contributed by atoms with Crippen LogP contribution in [0.5, 0.6) is 5.75 Å². The molecule has 13 heteroatoms. The van der Waals surface area contributed by atoms with Gasteiger partial charge in [0.05, 0.1) is 30.3 Å². The van der Waals surface area contributed by atoms with Gasteiger partial charge in [0.1, 0.15) is 5.69 Å². The normalized spacial score (nSPS) is 12.0. The summed E-state index contributed by atoms with van der Waals surface area (Å²) < 4.78 is 34.4. The van der Waals surface area contributed by atoms with E-state index in [2.05, 4.69) is 29.6 Å². The van der Waals surface area contributed by atoms with Crippen LogP contribution in [-0.2, 0) is 19.6 Å². The molecule has 0 fully saturated rings. The van der Waals surface area contributed by atoms with Crippen LogP contribution in [0.3, 0.4) is 0 Å². The maximum Gasteiger partial charge on any atom is 0.229 e. The molecule has 0 aliphatic rings. The van der Waals surface area contributed by atoms with E-state index >= 15 is 0 Å². The van der Waals surface area contributed by atoms with Crippen molar-refractivity contribution < 1.29 is 23.1 Å². The van der Waals surface area contributed by atoms with Crippen LogP contribution in [0, 0.1) is 0 Å². The van der Waals surface area contributed by atoms with Crippen LogP contribution in [0.1, 0.15) is 6.92 Å². The first-order valence-electron chi connectivity index (χ1n) is 8.65. The second-order valence-electron chi connectivity index (χ2n) is 6.31. The van der Waals surface area contributed by atoms with Gasteiger partial charge in [-0.05, 0) is 41.9 Å². The Labute approximate surface area is 181 Å². The Morgan fingerprint density at radius 3 is 2.71 bits per heavy atom. The molecule has 3 N–H and O–H groups in total. The number of phenolic OH excluding ortho intramolecular Hbond substituents is 1. The van der Waals surface area contributed by atoms with Crippen LogP contribution in [0.4, 0.5) is 27.8 Å². The Morgan fingerprint density at radius 1 is 1.26 bits per heavy atom. The lowest BCUT2D eigenvalue weighted by molar-refractivity contribution is -0.114. The van der Waals surface area contributed by atoms with Crippen LogP contribution >= 0.6 is 11.5 Å². The predicted molar refractivity (Wildman–Crippen MR) is 120 cm³/mol. The van der Waals surface area contributed by atoms with E-state index in [-0.39, 0.29) is 23.0 Å². The van der Waals surface area contributed by atoms with Crippen molar-refractivity contribution in [3.8, 4) is 5.75 Å². The van der Waals surface area contributed by atoms with Gasteiger partial charge in [-0.1, -0.05) is 0 Å². The number of aromatic hydroxyl groups is 1. The molecule has 1 aromatic heterocycles. The van der Waals surface area contributed by atoms with Gasteiger partial charge in [0.2, 0.25) is 15.9 Å². The van der Waals surface area contributed by atoms with Crippen molar-refractivity contribution in [2.45, 2.75) is 6.92 Å². The van der Waals surface area contributed by atoms with Gasteiger partial charge in [-0.25, -0.2) is 13.4 Å². The zero-order chi connectivity index (χ0) is 22.6. The number of nitrogens with one attached hydrogen (secondary N) is 2. The molecular formula is C18H18N6O5S2. The molecule has 0 aliphatic heterocycles. The third kappa shape index (κ3) is 5.73. The van der Waals surface area contributed by atoms with Crippen LogP contribution in [0.15, 0.2) is 45.6 Å². The maximum absolute atomic E-state index is 11.5. The van der Waals surface area contributed by atoms with Crippen LogP contribution in [-0.4, -0.2) is 43.6 Å². The summed E-state index contributed by atoms with van der Waals surface area (Å²) in [6.07, 6.45) is 2.19. The third-order valence-corrected chi connectivity index (χ3v) is 5.07. The zero-order valence-electron chi connectivity index (χ0n) is 16.6. The van der Waals surface area contributed by atoms with E-state index in [4.69, 9.17) is 4.74 Å². The number of carbonyl (C=O) groups excluding carboxylic acids is 1. The van der Waals surface area contributed by atoms with Gasteiger partial charge in [0, 0.05) is 18.0 Å². The minimum atomic E-state index is -3.43. The SMILES string of the molecule is COC=Nc1cc(N=Nc2snc3ccc(NS(C)(=O)=O)cc23)cc(NC(C)=O)c1O. The van der Waals surface area contributed by atoms with Gasteiger partial charge in [-0.15, -0.1) is 10.2 Å². The predicted octanol–water partition coefficient (Wildman–Crippen LogP) is 4.05. The summed E-state index contributed by atoms with van der Waals surface area (Å²) >= 11 is 1.09. The number of aromatic nitrogens is 1. The molecule has 1 amide bonds. The summed E-state index contributed by atoms with van der Waals surface area (Å²) in [5, 5.41) is 22.2. The Balaban J connectivity index is 2.00. The average molecular weight is 463 g/mol. The lowest BCUT2D eigenvalue weighted by Crippen LogP contribution is -2.09. The smallest absolute Gasteiger partial charge is 0.229 e. The molecule has 0 aliphatic carbocycles. The van der Waals surface area contributed by atoms with Crippen molar-refractivity contribution in [2.75, 3.05) is 23.4 Å². The second-order valence-corrected chi connectivity index (χ2v) is 8.81. The molecule has 0 saturated carbocycles. The molecule has 0 unspecified atom stereocenters. The van der Waals surface area contributed by atoms with E-state index in [1.807, 2.05) is 0 Å². The molecule has 0 bridgehead atoms. The molecule has 0 saturated heterocycles. The largest absolute Gasteiger partial charge is 0.504 e. The number of anilines is 2. The number of carbonyl (C=O) groups is 1. The number of azo groups is 1. The lowest BCUT2D eigenvalue weighted by atomic mass is 10.2. The summed E-state index contributed by atoms with van der Waals surface area (Å²) in [5.74, 6) is -0.632. The number of rotatable bonds is 7. The summed E-state index contributed by atoms with van der Waals surface area (Å²) in [4.78, 5) is 15.4. The Bertz CT molecular complexity index is 1300. The fourth-order valence-corrected chi connectivity index (χ4v) is 3.77. The van der Waals surface area contributed by atoms with E-state index in [1.165, 1.54) is 26.2 Å². The van der Waals surface area contributed by atoms with Gasteiger partial charge in [0.25, 0.3) is 0 Å². The number of sulfonamides is 1. The molecule has 31 heavy (non-hydrogen) atoms. The Hall–Kier alpha value is -3.58. The molecule has 2 aromatic carbocycles. The number of phenols is 1. The van der Waals surface area contributed by atoms with Gasteiger partial charge in [0.15, 0.2) is 17.2 Å². The minimum Gasteiger partial charge on any atom is -0.504 e. The number of hydrogen-bond donors (Lipinski definition) is 3. The first-order valence-corrected chi connectivity index (χ1v) is 11.3. The van der Waals surface area contributed by atoms with Crippen molar-refractivity contribution in [3.05, 3.63) is 30.3 Å². The first-order chi connectivity index (χ1) is 14.7. The molecule has 0 spiro atoms. The highest BCUT2D eigenvalue weighted by molar-refractivity contribution is 7.92. The van der Waals surface area contributed by atoms with E-state index in [0.717, 1.165) is 24.2 Å². The number of benzene rings is 2.